The van der Waals surface area contributed by atoms with Crippen molar-refractivity contribution in [1.29, 1.82) is 0 Å². The lowest BCUT2D eigenvalue weighted by atomic mass is 9.84. The molecule has 3 N–H and O–H groups in total. The van der Waals surface area contributed by atoms with Gasteiger partial charge in [0.25, 0.3) is 11.8 Å². The zero-order valence-electron chi connectivity index (χ0n) is 36.9. The van der Waals surface area contributed by atoms with Gasteiger partial charge in [0.2, 0.25) is 0 Å². The number of benzene rings is 5. The number of hydroxylamine groups is 2. The number of thioether (sulfide) groups is 2. The van der Waals surface area contributed by atoms with Gasteiger partial charge in [-0.15, -0.1) is 11.8 Å². The van der Waals surface area contributed by atoms with Crippen molar-refractivity contribution in [2.45, 2.75) is 80.2 Å². The average Bonchev–Trinajstić information content (AvgIpc) is 3.76. The molecule has 1 heterocycles. The summed E-state index contributed by atoms with van der Waals surface area (Å²) < 4.78 is 19.3. The predicted molar refractivity (Wildman–Crippen MR) is 255 cm³/mol. The van der Waals surface area contributed by atoms with Crippen molar-refractivity contribution < 1.29 is 28.3 Å². The Bertz CT molecular complexity index is 2160. The van der Waals surface area contributed by atoms with Crippen LogP contribution >= 0.6 is 23.5 Å². The minimum atomic E-state index is -0.835. The first-order valence-corrected chi connectivity index (χ1v) is 23.6. The summed E-state index contributed by atoms with van der Waals surface area (Å²) in [5, 5.41) is 11.4. The normalized spacial score (nSPS) is 16.2. The maximum absolute atomic E-state index is 14.3. The maximum atomic E-state index is 14.3. The third kappa shape index (κ3) is 12.3. The lowest BCUT2D eigenvalue weighted by Crippen LogP contribution is -2.48. The fourth-order valence-corrected chi connectivity index (χ4v) is 10.3. The van der Waals surface area contributed by atoms with Crippen LogP contribution in [0, 0.1) is 5.82 Å². The van der Waals surface area contributed by atoms with Crippen molar-refractivity contribution in [2.24, 2.45) is 0 Å². The van der Waals surface area contributed by atoms with Crippen LogP contribution in [0.2, 0.25) is 0 Å². The molecule has 5 aromatic carbocycles. The van der Waals surface area contributed by atoms with E-state index < -0.39 is 34.3 Å². The van der Waals surface area contributed by atoms with Crippen LogP contribution in [0.25, 0.3) is 0 Å². The number of esters is 1. The Kier molecular flexibility index (Phi) is 16.5. The second kappa shape index (κ2) is 22.0. The van der Waals surface area contributed by atoms with Gasteiger partial charge in [0.05, 0.1) is 11.9 Å². The monoisotopic (exact) mass is 890 g/mol. The minimum absolute atomic E-state index is 0.0820. The molecule has 9 nitrogen and oxygen atoms in total. The molecule has 12 heteroatoms. The third-order valence-corrected chi connectivity index (χ3v) is 13.5. The summed E-state index contributed by atoms with van der Waals surface area (Å²) in [4.78, 5) is 47.2. The summed E-state index contributed by atoms with van der Waals surface area (Å²) in [5.74, 6) is -0.896. The molecule has 1 aliphatic rings. The van der Waals surface area contributed by atoms with E-state index in [1.165, 1.54) is 26.3 Å². The van der Waals surface area contributed by atoms with Gasteiger partial charge in [0, 0.05) is 36.1 Å². The van der Waals surface area contributed by atoms with Gasteiger partial charge in [-0.05, 0) is 111 Å². The van der Waals surface area contributed by atoms with Gasteiger partial charge in [-0.25, -0.2) is 14.2 Å². The summed E-state index contributed by atoms with van der Waals surface area (Å²) in [6.45, 7) is 6.20. The van der Waals surface area contributed by atoms with Crippen LogP contribution in [-0.2, 0) is 36.8 Å². The molecule has 2 amide bonds. The van der Waals surface area contributed by atoms with E-state index >= 15 is 0 Å². The first-order valence-electron chi connectivity index (χ1n) is 21.4. The van der Waals surface area contributed by atoms with Crippen LogP contribution in [0.1, 0.15) is 71.8 Å². The topological polar surface area (TPSA) is 109 Å². The second-order valence-corrected chi connectivity index (χ2v) is 19.2. The fourth-order valence-electron chi connectivity index (χ4n) is 7.98. The molecule has 0 aromatic heterocycles. The standard InChI is InChI=1S/C51H59FN4O5S2/c1-50(2,3)61-49(59)46(45-33-42(34-53-45)63-51(37-16-10-7-11-17-37,38-18-12-8-13-19-38)39-20-14-9-15-21-39)54-41-29-26-36(25-22-35-23-27-40(52)28-24-35)43(32-41)47(57)55-44(30-31-62-6)48(58)56(4)60-5/h7-21,23-24,26-29,32,42,44-46,53-54H,22,25,30-31,33-34H2,1-6H3,(H,55,57)/t42-,44-,45-,46?/m0/s1. The van der Waals surface area contributed by atoms with Crippen molar-refractivity contribution in [3.8, 4) is 0 Å². The number of nitrogens with one attached hydrogen (secondary N) is 3. The Hall–Kier alpha value is -5.14. The molecular formula is C51H59FN4O5S2. The van der Waals surface area contributed by atoms with Crippen LogP contribution < -0.4 is 16.0 Å². The summed E-state index contributed by atoms with van der Waals surface area (Å²) in [6.07, 6.45) is 4.01. The van der Waals surface area contributed by atoms with Gasteiger partial charge in [0.1, 0.15) is 23.5 Å². The molecule has 4 atom stereocenters. The molecule has 332 valence electrons. The lowest BCUT2D eigenvalue weighted by molar-refractivity contribution is -0.170. The maximum Gasteiger partial charge on any atom is 0.330 e. The molecule has 1 aliphatic heterocycles. The summed E-state index contributed by atoms with van der Waals surface area (Å²) in [6, 6.07) is 41.5. The molecule has 0 saturated carbocycles. The predicted octanol–water partition coefficient (Wildman–Crippen LogP) is 9.06. The molecule has 1 saturated heterocycles. The number of amides is 2. The van der Waals surface area contributed by atoms with Gasteiger partial charge in [-0.1, -0.05) is 109 Å². The average molecular weight is 891 g/mol. The Labute approximate surface area is 380 Å². The largest absolute Gasteiger partial charge is 0.458 e. The van der Waals surface area contributed by atoms with Crippen LogP contribution in [0.4, 0.5) is 10.1 Å². The van der Waals surface area contributed by atoms with Gasteiger partial charge >= 0.3 is 5.97 Å². The van der Waals surface area contributed by atoms with E-state index in [1.807, 2.05) is 69.1 Å². The van der Waals surface area contributed by atoms with E-state index in [9.17, 15) is 18.8 Å². The molecule has 1 fully saturated rings. The number of hydrogen-bond donors (Lipinski definition) is 3. The molecule has 0 bridgehead atoms. The second-order valence-electron chi connectivity index (χ2n) is 16.7. The van der Waals surface area contributed by atoms with Crippen molar-refractivity contribution in [2.75, 3.05) is 38.0 Å². The Balaban J connectivity index is 1.33. The molecule has 1 unspecified atom stereocenters. The molecule has 0 spiro atoms. The number of carbonyl (C=O) groups is 3. The summed E-state index contributed by atoms with van der Waals surface area (Å²) >= 11 is 3.46. The number of hydrogen-bond acceptors (Lipinski definition) is 9. The summed E-state index contributed by atoms with van der Waals surface area (Å²) in [5.41, 5.74) is 5.29. The van der Waals surface area contributed by atoms with E-state index in [0.29, 0.717) is 49.2 Å². The number of carbonyl (C=O) groups excluding carboxylic acids is 3. The number of likely N-dealkylation sites (N-methyl/N-ethyl adjacent to an activating group) is 1. The van der Waals surface area contributed by atoms with Crippen molar-refractivity contribution in [1.82, 2.24) is 15.7 Å². The smallest absolute Gasteiger partial charge is 0.330 e. The fraction of sp³-hybridized carbons (Fsp3) is 0.353. The van der Waals surface area contributed by atoms with Crippen LogP contribution in [-0.4, -0.2) is 84.5 Å². The first-order chi connectivity index (χ1) is 30.3. The third-order valence-electron chi connectivity index (χ3n) is 11.1. The number of aryl methyl sites for hydroxylation is 2. The number of nitrogens with zero attached hydrogens (tertiary/aromatic N) is 1. The molecule has 0 aliphatic carbocycles. The molecule has 5 aromatic rings. The van der Waals surface area contributed by atoms with Gasteiger partial charge in [-0.3, -0.25) is 14.4 Å². The van der Waals surface area contributed by atoms with E-state index in [-0.39, 0.29) is 23.0 Å². The van der Waals surface area contributed by atoms with Crippen molar-refractivity contribution in [3.63, 3.8) is 0 Å². The molecule has 6 rings (SSSR count). The SMILES string of the molecule is CON(C)C(=O)[C@H](CCSC)NC(=O)c1cc(NC(C(=O)OC(C)(C)C)[C@@H]2C[C@H](SC(c3ccccc3)(c3ccccc3)c3ccccc3)CN2)ccc1CCc1ccc(F)cc1. The first kappa shape index (κ1) is 47.3. The van der Waals surface area contributed by atoms with Crippen molar-refractivity contribution in [3.05, 3.63) is 173 Å². The van der Waals surface area contributed by atoms with Crippen molar-refractivity contribution >= 4 is 47.0 Å². The van der Waals surface area contributed by atoms with E-state index in [1.54, 1.807) is 30.0 Å². The number of rotatable bonds is 19. The highest BCUT2D eigenvalue weighted by molar-refractivity contribution is 8.01. The van der Waals surface area contributed by atoms with Crippen LogP contribution in [0.5, 0.6) is 0 Å². The Morgan fingerprint density at radius 1 is 0.841 bits per heavy atom. The molecule has 63 heavy (non-hydrogen) atoms. The Morgan fingerprint density at radius 3 is 1.97 bits per heavy atom. The number of anilines is 1. The van der Waals surface area contributed by atoms with Crippen LogP contribution in [0.3, 0.4) is 0 Å². The quantitative estimate of drug-likeness (QED) is 0.0425. The zero-order valence-corrected chi connectivity index (χ0v) is 38.6. The molecular weight excluding hydrogens is 832 g/mol. The number of ether oxygens (including phenoxy) is 1. The minimum Gasteiger partial charge on any atom is -0.458 e. The van der Waals surface area contributed by atoms with Gasteiger partial charge in [0.15, 0.2) is 0 Å². The number of halogens is 1. The molecule has 0 radical (unpaired) electrons. The van der Waals surface area contributed by atoms with E-state index in [2.05, 4.69) is 88.7 Å². The van der Waals surface area contributed by atoms with E-state index in [0.717, 1.165) is 32.9 Å². The lowest BCUT2D eigenvalue weighted by Gasteiger charge is -2.37. The zero-order chi connectivity index (χ0) is 45.0. The Morgan fingerprint density at radius 2 is 1.43 bits per heavy atom. The van der Waals surface area contributed by atoms with Gasteiger partial charge < -0.3 is 20.7 Å². The highest BCUT2D eigenvalue weighted by atomic mass is 32.2. The summed E-state index contributed by atoms with van der Waals surface area (Å²) in [7, 11) is 2.92. The van der Waals surface area contributed by atoms with Gasteiger partial charge in [-0.2, -0.15) is 11.8 Å². The highest BCUT2D eigenvalue weighted by Gasteiger charge is 2.44. The highest BCUT2D eigenvalue weighted by Crippen LogP contribution is 2.51. The van der Waals surface area contributed by atoms with Crippen LogP contribution in [0.15, 0.2) is 133 Å². The van der Waals surface area contributed by atoms with E-state index in [4.69, 9.17) is 9.57 Å².